The van der Waals surface area contributed by atoms with Crippen LogP contribution in [0.25, 0.3) is 0 Å². The molecule has 102 valence electrons. The zero-order valence-corrected chi connectivity index (χ0v) is 11.6. The molecule has 0 atom stereocenters. The molecular formula is C17H13N3O. The summed E-state index contributed by atoms with van der Waals surface area (Å²) in [5.41, 5.74) is 2.57. The molecule has 0 N–H and O–H groups in total. The molecule has 0 spiro atoms. The molecule has 4 heteroatoms. The second-order valence-corrected chi connectivity index (χ2v) is 4.63. The number of hydrogen-bond acceptors (Lipinski definition) is 4. The van der Waals surface area contributed by atoms with Gasteiger partial charge in [0.05, 0.1) is 29.8 Å². The Labute approximate surface area is 123 Å². The predicted octanol–water partition coefficient (Wildman–Crippen LogP) is 2.75. The lowest BCUT2D eigenvalue weighted by Gasteiger charge is -2.18. The van der Waals surface area contributed by atoms with Crippen LogP contribution >= 0.6 is 0 Å². The smallest absolute Gasteiger partial charge is 0.182 e. The Hall–Kier alpha value is -3.11. The van der Waals surface area contributed by atoms with Gasteiger partial charge in [0, 0.05) is 18.3 Å². The van der Waals surface area contributed by atoms with Crippen molar-refractivity contribution in [3.63, 3.8) is 0 Å². The van der Waals surface area contributed by atoms with Gasteiger partial charge in [-0.3, -0.25) is 4.79 Å². The molecule has 0 aromatic heterocycles. The molecule has 0 amide bonds. The number of ketones is 1. The van der Waals surface area contributed by atoms with Crippen molar-refractivity contribution in [2.45, 2.75) is 0 Å². The zero-order chi connectivity index (χ0) is 15.2. The van der Waals surface area contributed by atoms with Crippen molar-refractivity contribution in [1.82, 2.24) is 0 Å². The van der Waals surface area contributed by atoms with Crippen molar-refractivity contribution in [2.75, 3.05) is 18.5 Å². The van der Waals surface area contributed by atoms with Gasteiger partial charge in [-0.15, -0.1) is 0 Å². The maximum Gasteiger partial charge on any atom is 0.182 e. The van der Waals surface area contributed by atoms with Crippen LogP contribution in [-0.4, -0.2) is 19.4 Å². The number of Topliss-reactive ketones (excluding diaryl/α,β-unsaturated/α-hetero) is 1. The lowest BCUT2D eigenvalue weighted by Crippen LogP contribution is -2.25. The van der Waals surface area contributed by atoms with Crippen molar-refractivity contribution in [3.05, 3.63) is 65.2 Å². The number of nitriles is 2. The molecule has 0 aliphatic carbocycles. The third-order valence-corrected chi connectivity index (χ3v) is 3.15. The van der Waals surface area contributed by atoms with Gasteiger partial charge in [0.1, 0.15) is 0 Å². The van der Waals surface area contributed by atoms with Gasteiger partial charge in [-0.1, -0.05) is 12.1 Å². The van der Waals surface area contributed by atoms with Crippen molar-refractivity contribution >= 4 is 11.5 Å². The van der Waals surface area contributed by atoms with Gasteiger partial charge >= 0.3 is 0 Å². The summed E-state index contributed by atoms with van der Waals surface area (Å²) in [5.74, 6) is -0.0219. The number of carbonyl (C=O) groups excluding carboxylic acids is 1. The average molecular weight is 275 g/mol. The maximum atomic E-state index is 12.2. The number of likely N-dealkylation sites (N-methyl/N-ethyl adjacent to an activating group) is 1. The molecule has 0 bridgehead atoms. The van der Waals surface area contributed by atoms with Crippen molar-refractivity contribution < 1.29 is 4.79 Å². The molecule has 0 heterocycles. The van der Waals surface area contributed by atoms with Crippen LogP contribution in [0, 0.1) is 22.7 Å². The Balaban J connectivity index is 2.07. The first-order valence-corrected chi connectivity index (χ1v) is 6.38. The highest BCUT2D eigenvalue weighted by molar-refractivity contribution is 5.99. The molecule has 0 fully saturated rings. The highest BCUT2D eigenvalue weighted by Gasteiger charge is 2.10. The molecule has 0 saturated heterocycles. The summed E-state index contributed by atoms with van der Waals surface area (Å²) < 4.78 is 0. The topological polar surface area (TPSA) is 67.9 Å². The van der Waals surface area contributed by atoms with Gasteiger partial charge < -0.3 is 4.90 Å². The van der Waals surface area contributed by atoms with E-state index in [4.69, 9.17) is 10.5 Å². The van der Waals surface area contributed by atoms with Crippen LogP contribution in [0.1, 0.15) is 21.5 Å². The summed E-state index contributed by atoms with van der Waals surface area (Å²) in [4.78, 5) is 14.0. The quantitative estimate of drug-likeness (QED) is 0.804. The van der Waals surface area contributed by atoms with Crippen LogP contribution < -0.4 is 4.90 Å². The van der Waals surface area contributed by atoms with E-state index in [9.17, 15) is 4.79 Å². The summed E-state index contributed by atoms with van der Waals surface area (Å²) in [7, 11) is 1.82. The maximum absolute atomic E-state index is 12.2. The van der Waals surface area contributed by atoms with Crippen molar-refractivity contribution in [1.29, 1.82) is 10.5 Å². The molecule has 21 heavy (non-hydrogen) atoms. The van der Waals surface area contributed by atoms with Crippen molar-refractivity contribution in [2.24, 2.45) is 0 Å². The van der Waals surface area contributed by atoms with E-state index in [2.05, 4.69) is 6.07 Å². The molecule has 0 aliphatic rings. The van der Waals surface area contributed by atoms with Gasteiger partial charge in [-0.2, -0.15) is 10.5 Å². The monoisotopic (exact) mass is 275 g/mol. The van der Waals surface area contributed by atoms with E-state index in [1.54, 1.807) is 36.4 Å². The summed E-state index contributed by atoms with van der Waals surface area (Å²) >= 11 is 0. The molecule has 2 aromatic carbocycles. The highest BCUT2D eigenvalue weighted by Crippen LogP contribution is 2.14. The third-order valence-electron chi connectivity index (χ3n) is 3.15. The SMILES string of the molecule is CN(CC(=O)c1ccc(C#N)cc1)c1ccc(C#N)cc1. The lowest BCUT2D eigenvalue weighted by atomic mass is 10.1. The second-order valence-electron chi connectivity index (χ2n) is 4.63. The number of benzene rings is 2. The summed E-state index contributed by atoms with van der Waals surface area (Å²) in [6.45, 7) is 0.234. The summed E-state index contributed by atoms with van der Waals surface area (Å²) in [5, 5.41) is 17.5. The van der Waals surface area contributed by atoms with Crippen LogP contribution in [0.15, 0.2) is 48.5 Å². The molecule has 2 rings (SSSR count). The molecule has 0 saturated carbocycles. The Morgan fingerprint density at radius 3 is 1.90 bits per heavy atom. The number of anilines is 1. The minimum atomic E-state index is -0.0219. The summed E-state index contributed by atoms with van der Waals surface area (Å²) in [6, 6.07) is 17.7. The number of hydrogen-bond donors (Lipinski definition) is 0. The fourth-order valence-electron chi connectivity index (χ4n) is 1.92. The minimum Gasteiger partial charge on any atom is -0.367 e. The van der Waals surface area contributed by atoms with Gasteiger partial charge in [0.15, 0.2) is 5.78 Å². The lowest BCUT2D eigenvalue weighted by molar-refractivity contribution is 0.100. The Morgan fingerprint density at radius 2 is 1.43 bits per heavy atom. The van der Waals surface area contributed by atoms with Gasteiger partial charge in [0.25, 0.3) is 0 Å². The van der Waals surface area contributed by atoms with Crippen LogP contribution in [0.2, 0.25) is 0 Å². The van der Waals surface area contributed by atoms with E-state index >= 15 is 0 Å². The third kappa shape index (κ3) is 3.46. The van der Waals surface area contributed by atoms with Gasteiger partial charge in [-0.25, -0.2) is 0 Å². The first kappa shape index (κ1) is 14.3. The van der Waals surface area contributed by atoms with E-state index in [0.29, 0.717) is 16.7 Å². The Bertz CT molecular complexity index is 719. The number of carbonyl (C=O) groups is 1. The average Bonchev–Trinajstić information content (AvgIpc) is 2.55. The molecular weight excluding hydrogens is 262 g/mol. The Morgan fingerprint density at radius 1 is 0.952 bits per heavy atom. The largest absolute Gasteiger partial charge is 0.367 e. The van der Waals surface area contributed by atoms with E-state index < -0.39 is 0 Å². The number of nitrogens with zero attached hydrogens (tertiary/aromatic N) is 3. The standard InChI is InChI=1S/C17H13N3O/c1-20(16-8-4-14(11-19)5-9-16)12-17(21)15-6-2-13(10-18)3-7-15/h2-9H,12H2,1H3. The first-order chi connectivity index (χ1) is 10.1. The second kappa shape index (κ2) is 6.36. The van der Waals surface area contributed by atoms with Gasteiger partial charge in [0.2, 0.25) is 0 Å². The fraction of sp³-hybridized carbons (Fsp3) is 0.118. The first-order valence-electron chi connectivity index (χ1n) is 6.38. The van der Waals surface area contributed by atoms with E-state index in [0.717, 1.165) is 5.69 Å². The zero-order valence-electron chi connectivity index (χ0n) is 11.6. The predicted molar refractivity (Wildman–Crippen MR) is 79.9 cm³/mol. The molecule has 2 aromatic rings. The molecule has 4 nitrogen and oxygen atoms in total. The van der Waals surface area contributed by atoms with Crippen LogP contribution in [0.4, 0.5) is 5.69 Å². The van der Waals surface area contributed by atoms with E-state index in [-0.39, 0.29) is 12.3 Å². The van der Waals surface area contributed by atoms with Gasteiger partial charge in [-0.05, 0) is 36.4 Å². The molecule has 0 radical (unpaired) electrons. The number of rotatable bonds is 4. The van der Waals surface area contributed by atoms with Crippen LogP contribution in [-0.2, 0) is 0 Å². The normalized spacial score (nSPS) is 9.48. The molecule has 0 aliphatic heterocycles. The van der Waals surface area contributed by atoms with Crippen LogP contribution in [0.3, 0.4) is 0 Å². The van der Waals surface area contributed by atoms with Crippen LogP contribution in [0.5, 0.6) is 0 Å². The highest BCUT2D eigenvalue weighted by atomic mass is 16.1. The fourth-order valence-corrected chi connectivity index (χ4v) is 1.92. The van der Waals surface area contributed by atoms with E-state index in [1.165, 1.54) is 0 Å². The minimum absolute atomic E-state index is 0.0219. The Kier molecular flexibility index (Phi) is 4.33. The van der Waals surface area contributed by atoms with E-state index in [1.807, 2.05) is 30.1 Å². The molecule has 0 unspecified atom stereocenters. The van der Waals surface area contributed by atoms with Crippen molar-refractivity contribution in [3.8, 4) is 12.1 Å². The summed E-state index contributed by atoms with van der Waals surface area (Å²) in [6.07, 6.45) is 0.